The number of nitrogens with one attached hydrogen (secondary N) is 1. The van der Waals surface area contributed by atoms with E-state index in [0.29, 0.717) is 11.5 Å². The van der Waals surface area contributed by atoms with Gasteiger partial charge in [-0.25, -0.2) is 4.68 Å². The molecule has 1 atom stereocenters. The molecule has 0 aliphatic carbocycles. The van der Waals surface area contributed by atoms with Gasteiger partial charge in [0.25, 0.3) is 0 Å². The Morgan fingerprint density at radius 2 is 1.86 bits per heavy atom. The van der Waals surface area contributed by atoms with Gasteiger partial charge in [-0.3, -0.25) is 0 Å². The highest BCUT2D eigenvalue weighted by molar-refractivity contribution is 7.99. The maximum absolute atomic E-state index is 5.47. The largest absolute Gasteiger partial charge is 0.493 e. The van der Waals surface area contributed by atoms with E-state index in [9.17, 15) is 0 Å². The van der Waals surface area contributed by atoms with Crippen molar-refractivity contribution in [1.82, 2.24) is 14.8 Å². The molecule has 6 nitrogen and oxygen atoms in total. The van der Waals surface area contributed by atoms with Crippen LogP contribution >= 0.6 is 11.8 Å². The predicted octanol–water partition coefficient (Wildman–Crippen LogP) is 4.46. The van der Waals surface area contributed by atoms with E-state index in [1.54, 1.807) is 26.0 Å². The van der Waals surface area contributed by atoms with Crippen molar-refractivity contribution >= 4 is 23.4 Å². The second-order valence-electron chi connectivity index (χ2n) is 6.23. The Bertz CT molecular complexity index is 1000. The SMILES string of the molecule is CCSc1nc2n(n1)[C@H](c1ccccc1)C=C(c1ccc(OC)c(OC)c1)N2. The summed E-state index contributed by atoms with van der Waals surface area (Å²) < 4.78 is 12.8. The van der Waals surface area contributed by atoms with Crippen molar-refractivity contribution in [3.8, 4) is 11.5 Å². The van der Waals surface area contributed by atoms with Gasteiger partial charge in [0.15, 0.2) is 11.5 Å². The molecule has 0 radical (unpaired) electrons. The van der Waals surface area contributed by atoms with Gasteiger partial charge in [0.2, 0.25) is 11.1 Å². The van der Waals surface area contributed by atoms with E-state index >= 15 is 0 Å². The number of ether oxygens (including phenoxy) is 2. The van der Waals surface area contributed by atoms with E-state index in [4.69, 9.17) is 14.6 Å². The molecule has 2 heterocycles. The number of thioether (sulfide) groups is 1. The van der Waals surface area contributed by atoms with E-state index in [2.05, 4.69) is 35.4 Å². The first-order valence-corrected chi connectivity index (χ1v) is 10.1. The van der Waals surface area contributed by atoms with Gasteiger partial charge in [-0.1, -0.05) is 49.0 Å². The molecule has 1 aliphatic rings. The minimum Gasteiger partial charge on any atom is -0.493 e. The monoisotopic (exact) mass is 394 g/mol. The molecule has 4 rings (SSSR count). The smallest absolute Gasteiger partial charge is 0.227 e. The Labute approximate surface area is 168 Å². The predicted molar refractivity (Wildman–Crippen MR) is 112 cm³/mol. The highest BCUT2D eigenvalue weighted by Gasteiger charge is 2.25. The summed E-state index contributed by atoms with van der Waals surface area (Å²) in [5.74, 6) is 3.05. The number of benzene rings is 2. The van der Waals surface area contributed by atoms with Gasteiger partial charge in [-0.2, -0.15) is 4.98 Å². The molecule has 0 fully saturated rings. The highest BCUT2D eigenvalue weighted by Crippen LogP contribution is 2.36. The van der Waals surface area contributed by atoms with Gasteiger partial charge in [0, 0.05) is 11.3 Å². The van der Waals surface area contributed by atoms with Crippen LogP contribution in [0.1, 0.15) is 24.1 Å². The molecular formula is C21H22N4O2S. The van der Waals surface area contributed by atoms with Gasteiger partial charge < -0.3 is 14.8 Å². The fourth-order valence-corrected chi connectivity index (χ4v) is 3.78. The third-order valence-corrected chi connectivity index (χ3v) is 5.28. The summed E-state index contributed by atoms with van der Waals surface area (Å²) in [5, 5.41) is 8.90. The standard InChI is InChI=1S/C21H22N4O2S/c1-4-28-21-23-20-22-16(15-10-11-18(26-2)19(12-15)27-3)13-17(25(20)24-21)14-8-6-5-7-9-14/h5-13,17H,4H2,1-3H3,(H,22,23,24)/t17-/m0/s1. The molecule has 7 heteroatoms. The van der Waals surface area contributed by atoms with Crippen molar-refractivity contribution in [2.75, 3.05) is 25.3 Å². The first-order valence-electron chi connectivity index (χ1n) is 9.09. The Morgan fingerprint density at radius 3 is 2.57 bits per heavy atom. The zero-order valence-corrected chi connectivity index (χ0v) is 16.9. The van der Waals surface area contributed by atoms with Crippen molar-refractivity contribution in [3.63, 3.8) is 0 Å². The van der Waals surface area contributed by atoms with Gasteiger partial charge in [0.1, 0.15) is 6.04 Å². The summed E-state index contributed by atoms with van der Waals surface area (Å²) in [4.78, 5) is 4.68. The summed E-state index contributed by atoms with van der Waals surface area (Å²) in [6, 6.07) is 16.2. The van der Waals surface area contributed by atoms with Crippen LogP contribution in [0.3, 0.4) is 0 Å². The van der Waals surface area contributed by atoms with Crippen LogP contribution in [-0.4, -0.2) is 34.7 Å². The Morgan fingerprint density at radius 1 is 1.07 bits per heavy atom. The molecule has 0 unspecified atom stereocenters. The Hall–Kier alpha value is -2.93. The number of aromatic nitrogens is 3. The van der Waals surface area contributed by atoms with Gasteiger partial charge in [-0.05, 0) is 35.6 Å². The van der Waals surface area contributed by atoms with E-state index < -0.39 is 0 Å². The Kier molecular flexibility index (Phi) is 5.25. The molecule has 2 aromatic carbocycles. The molecule has 0 saturated heterocycles. The number of fused-ring (bicyclic) bond motifs is 1. The number of hydrogen-bond acceptors (Lipinski definition) is 6. The molecule has 1 N–H and O–H groups in total. The van der Waals surface area contributed by atoms with E-state index in [0.717, 1.165) is 33.7 Å². The summed E-state index contributed by atoms with van der Waals surface area (Å²) in [6.45, 7) is 2.10. The third kappa shape index (κ3) is 3.45. The minimum absolute atomic E-state index is 0.0424. The van der Waals surface area contributed by atoms with Crippen LogP contribution < -0.4 is 14.8 Å². The lowest BCUT2D eigenvalue weighted by atomic mass is 10.0. The molecule has 28 heavy (non-hydrogen) atoms. The lowest BCUT2D eigenvalue weighted by Crippen LogP contribution is -2.20. The minimum atomic E-state index is -0.0424. The lowest BCUT2D eigenvalue weighted by Gasteiger charge is -2.24. The number of methoxy groups -OCH3 is 2. The summed E-state index contributed by atoms with van der Waals surface area (Å²) in [6.07, 6.45) is 2.17. The summed E-state index contributed by atoms with van der Waals surface area (Å²) in [5.41, 5.74) is 3.11. The molecule has 0 bridgehead atoms. The molecule has 1 aliphatic heterocycles. The lowest BCUT2D eigenvalue weighted by molar-refractivity contribution is 0.355. The molecule has 1 aromatic heterocycles. The highest BCUT2D eigenvalue weighted by atomic mass is 32.2. The zero-order chi connectivity index (χ0) is 19.5. The van der Waals surface area contributed by atoms with Crippen LogP contribution in [0.25, 0.3) is 5.70 Å². The number of anilines is 1. The van der Waals surface area contributed by atoms with Gasteiger partial charge >= 0.3 is 0 Å². The van der Waals surface area contributed by atoms with Crippen molar-refractivity contribution < 1.29 is 9.47 Å². The number of allylic oxidation sites excluding steroid dienone is 1. The third-order valence-electron chi connectivity index (χ3n) is 4.56. The molecule has 144 valence electrons. The molecule has 0 amide bonds. The first kappa shape index (κ1) is 18.4. The van der Waals surface area contributed by atoms with Gasteiger partial charge in [-0.15, -0.1) is 5.10 Å². The van der Waals surface area contributed by atoms with E-state index in [1.807, 2.05) is 41.1 Å². The molecule has 3 aromatic rings. The normalized spacial score (nSPS) is 15.4. The first-order chi connectivity index (χ1) is 13.7. The quantitative estimate of drug-likeness (QED) is 0.623. The molecule has 0 spiro atoms. The van der Waals surface area contributed by atoms with Crippen LogP contribution in [0.4, 0.5) is 5.95 Å². The van der Waals surface area contributed by atoms with Crippen LogP contribution in [0.2, 0.25) is 0 Å². The average Bonchev–Trinajstić information content (AvgIpc) is 3.16. The van der Waals surface area contributed by atoms with Gasteiger partial charge in [0.05, 0.1) is 14.2 Å². The van der Waals surface area contributed by atoms with Crippen molar-refractivity contribution in [2.24, 2.45) is 0 Å². The summed E-state index contributed by atoms with van der Waals surface area (Å²) >= 11 is 1.63. The fourth-order valence-electron chi connectivity index (χ4n) is 3.22. The summed E-state index contributed by atoms with van der Waals surface area (Å²) in [7, 11) is 3.28. The number of rotatable bonds is 6. The molecule has 0 saturated carbocycles. The van der Waals surface area contributed by atoms with Crippen LogP contribution in [0.15, 0.2) is 59.8 Å². The fraction of sp³-hybridized carbons (Fsp3) is 0.238. The van der Waals surface area contributed by atoms with Crippen molar-refractivity contribution in [2.45, 2.75) is 18.1 Å². The maximum Gasteiger partial charge on any atom is 0.227 e. The second kappa shape index (κ2) is 7.98. The number of nitrogens with zero attached hydrogens (tertiary/aromatic N) is 3. The van der Waals surface area contributed by atoms with Crippen molar-refractivity contribution in [3.05, 3.63) is 65.7 Å². The van der Waals surface area contributed by atoms with E-state index in [1.165, 1.54) is 0 Å². The van der Waals surface area contributed by atoms with Crippen LogP contribution in [0.5, 0.6) is 11.5 Å². The number of hydrogen-bond donors (Lipinski definition) is 1. The maximum atomic E-state index is 5.47. The zero-order valence-electron chi connectivity index (χ0n) is 16.0. The van der Waals surface area contributed by atoms with Crippen LogP contribution in [0, 0.1) is 0 Å². The van der Waals surface area contributed by atoms with Crippen molar-refractivity contribution in [1.29, 1.82) is 0 Å². The Balaban J connectivity index is 1.79. The topological polar surface area (TPSA) is 61.2 Å². The van der Waals surface area contributed by atoms with E-state index in [-0.39, 0.29) is 6.04 Å². The average molecular weight is 395 g/mol. The molecular weight excluding hydrogens is 372 g/mol. The van der Waals surface area contributed by atoms with Crippen LogP contribution in [-0.2, 0) is 0 Å². The second-order valence-corrected chi connectivity index (χ2v) is 7.46.